The monoisotopic (exact) mass is 364 g/mol. The largest absolute Gasteiger partial charge is 0.369 e. The van der Waals surface area contributed by atoms with Crippen molar-refractivity contribution in [2.45, 2.75) is 32.6 Å². The van der Waals surface area contributed by atoms with Gasteiger partial charge < -0.3 is 15.5 Å². The molecule has 0 amide bonds. The Morgan fingerprint density at radius 2 is 1.85 bits per heavy atom. The third-order valence-electron chi connectivity index (χ3n) is 5.08. The highest BCUT2D eigenvalue weighted by atomic mass is 15.4. The van der Waals surface area contributed by atoms with Crippen molar-refractivity contribution in [2.75, 3.05) is 36.4 Å². The van der Waals surface area contributed by atoms with Gasteiger partial charge in [-0.3, -0.25) is 0 Å². The van der Waals surface area contributed by atoms with Crippen molar-refractivity contribution in [3.8, 4) is 0 Å². The number of nitrogens with zero attached hydrogens (tertiary/aromatic N) is 4. The third-order valence-corrected chi connectivity index (χ3v) is 5.08. The molecule has 27 heavy (non-hydrogen) atoms. The van der Waals surface area contributed by atoms with E-state index in [0.29, 0.717) is 5.95 Å². The van der Waals surface area contributed by atoms with E-state index in [1.165, 1.54) is 30.6 Å². The topological polar surface area (TPSA) is 57.5 Å². The summed E-state index contributed by atoms with van der Waals surface area (Å²) in [6.07, 6.45) is 4.69. The zero-order valence-electron chi connectivity index (χ0n) is 16.0. The van der Waals surface area contributed by atoms with Crippen molar-refractivity contribution >= 4 is 23.0 Å². The lowest BCUT2D eigenvalue weighted by Crippen LogP contribution is -2.43. The highest BCUT2D eigenvalue weighted by Gasteiger charge is 2.11. The summed E-state index contributed by atoms with van der Waals surface area (Å²) in [5.74, 6) is 0.646. The number of aryl methyl sites for hydroxylation is 1. The minimum Gasteiger partial charge on any atom is -0.369 e. The first-order chi connectivity index (χ1) is 13.3. The molecule has 0 aliphatic carbocycles. The van der Waals surface area contributed by atoms with Gasteiger partial charge in [-0.25, -0.2) is 4.52 Å². The molecule has 0 saturated carbocycles. The van der Waals surface area contributed by atoms with Crippen LogP contribution in [0.5, 0.6) is 0 Å². The van der Waals surface area contributed by atoms with E-state index in [0.717, 1.165) is 43.9 Å². The van der Waals surface area contributed by atoms with Gasteiger partial charge in [-0.2, -0.15) is 4.98 Å². The van der Waals surface area contributed by atoms with Gasteiger partial charge in [0.25, 0.3) is 0 Å². The molecule has 1 aromatic carbocycles. The second-order valence-corrected chi connectivity index (χ2v) is 7.09. The first-order valence-electron chi connectivity index (χ1n) is 10.0. The molecular formula is C21H28N6. The maximum absolute atomic E-state index is 4.67. The lowest BCUT2D eigenvalue weighted by molar-refractivity contribution is 0.589. The average Bonchev–Trinajstić information content (AvgIpc) is 3.13. The molecule has 0 bridgehead atoms. The molecule has 0 atom stereocenters. The Kier molecular flexibility index (Phi) is 5.53. The van der Waals surface area contributed by atoms with Crippen LogP contribution >= 0.6 is 0 Å². The molecule has 0 unspecified atom stereocenters. The standard InChI is InChI=1S/C21H28N6/c1-2-3-4-6-19-7-5-8-20-24-21(25-27(19)20)23-17-9-11-18(12-10-17)26-15-13-22-14-16-26/h5,7-12,22H,2-4,6,13-16H2,1H3,(H,23,25). The van der Waals surface area contributed by atoms with Crippen molar-refractivity contribution in [3.63, 3.8) is 0 Å². The van der Waals surface area contributed by atoms with Crippen LogP contribution < -0.4 is 15.5 Å². The number of fused-ring (bicyclic) bond motifs is 1. The average molecular weight is 364 g/mol. The Hall–Kier alpha value is -2.60. The van der Waals surface area contributed by atoms with Crippen molar-refractivity contribution < 1.29 is 0 Å². The normalized spacial score (nSPS) is 14.6. The summed E-state index contributed by atoms with van der Waals surface area (Å²) in [7, 11) is 0. The molecule has 0 spiro atoms. The molecule has 4 rings (SSSR count). The van der Waals surface area contributed by atoms with Crippen LogP contribution in [0.4, 0.5) is 17.3 Å². The number of unbranched alkanes of at least 4 members (excludes halogenated alkanes) is 2. The van der Waals surface area contributed by atoms with E-state index in [-0.39, 0.29) is 0 Å². The summed E-state index contributed by atoms with van der Waals surface area (Å²) in [4.78, 5) is 7.04. The van der Waals surface area contributed by atoms with Crippen LogP contribution in [0.1, 0.15) is 31.9 Å². The number of nitrogens with one attached hydrogen (secondary N) is 2. The fourth-order valence-corrected chi connectivity index (χ4v) is 3.57. The van der Waals surface area contributed by atoms with Gasteiger partial charge in [0.15, 0.2) is 5.65 Å². The van der Waals surface area contributed by atoms with Gasteiger partial charge in [-0.15, -0.1) is 5.10 Å². The lowest BCUT2D eigenvalue weighted by Gasteiger charge is -2.29. The number of piperazine rings is 1. The Morgan fingerprint density at radius 3 is 2.63 bits per heavy atom. The van der Waals surface area contributed by atoms with E-state index in [1.54, 1.807) is 0 Å². The second kappa shape index (κ2) is 8.39. The van der Waals surface area contributed by atoms with Crippen molar-refractivity contribution in [3.05, 3.63) is 48.2 Å². The van der Waals surface area contributed by atoms with Crippen molar-refractivity contribution in [1.29, 1.82) is 0 Å². The maximum atomic E-state index is 4.67. The van der Waals surface area contributed by atoms with Crippen LogP contribution in [0.25, 0.3) is 5.65 Å². The molecule has 142 valence electrons. The zero-order chi connectivity index (χ0) is 18.5. The van der Waals surface area contributed by atoms with Gasteiger partial charge in [0.1, 0.15) is 0 Å². The number of pyridine rings is 1. The van der Waals surface area contributed by atoms with Gasteiger partial charge in [0.05, 0.1) is 0 Å². The minimum absolute atomic E-state index is 0.646. The summed E-state index contributed by atoms with van der Waals surface area (Å²) in [6.45, 7) is 6.44. The molecule has 0 radical (unpaired) electrons. The fraction of sp³-hybridized carbons (Fsp3) is 0.429. The second-order valence-electron chi connectivity index (χ2n) is 7.09. The Labute approximate surface area is 160 Å². The van der Waals surface area contributed by atoms with Crippen molar-refractivity contribution in [1.82, 2.24) is 19.9 Å². The van der Waals surface area contributed by atoms with E-state index in [2.05, 4.69) is 68.9 Å². The highest BCUT2D eigenvalue weighted by molar-refractivity contribution is 5.60. The predicted molar refractivity (Wildman–Crippen MR) is 111 cm³/mol. The van der Waals surface area contributed by atoms with E-state index >= 15 is 0 Å². The molecule has 6 nitrogen and oxygen atoms in total. The zero-order valence-corrected chi connectivity index (χ0v) is 16.0. The van der Waals surface area contributed by atoms with Gasteiger partial charge in [-0.05, 0) is 49.2 Å². The number of hydrogen-bond donors (Lipinski definition) is 2. The van der Waals surface area contributed by atoms with Gasteiger partial charge >= 0.3 is 0 Å². The SMILES string of the molecule is CCCCCc1cccc2nc(Nc3ccc(N4CCNCC4)cc3)nn12. The molecule has 6 heteroatoms. The van der Waals surface area contributed by atoms with Gasteiger partial charge in [-0.1, -0.05) is 25.8 Å². The number of rotatable bonds is 7. The fourth-order valence-electron chi connectivity index (χ4n) is 3.57. The maximum Gasteiger partial charge on any atom is 0.247 e. The third kappa shape index (κ3) is 4.22. The van der Waals surface area contributed by atoms with Crippen LogP contribution in [0.15, 0.2) is 42.5 Å². The molecule has 1 saturated heterocycles. The summed E-state index contributed by atoms with van der Waals surface area (Å²) < 4.78 is 1.97. The summed E-state index contributed by atoms with van der Waals surface area (Å²) in [5, 5.41) is 11.4. The quantitative estimate of drug-likeness (QED) is 0.627. The summed E-state index contributed by atoms with van der Waals surface area (Å²) >= 11 is 0. The van der Waals surface area contributed by atoms with E-state index < -0.39 is 0 Å². The molecule has 2 aromatic heterocycles. The number of hydrogen-bond acceptors (Lipinski definition) is 5. The molecule has 2 N–H and O–H groups in total. The van der Waals surface area contributed by atoms with Crippen LogP contribution in [0, 0.1) is 0 Å². The first kappa shape index (κ1) is 17.8. The smallest absolute Gasteiger partial charge is 0.247 e. The summed E-state index contributed by atoms with van der Waals surface area (Å²) in [5.41, 5.74) is 4.39. The molecular weight excluding hydrogens is 336 g/mol. The van der Waals surface area contributed by atoms with Gasteiger partial charge in [0, 0.05) is 43.2 Å². The van der Waals surface area contributed by atoms with Gasteiger partial charge in [0.2, 0.25) is 5.95 Å². The van der Waals surface area contributed by atoms with E-state index in [4.69, 9.17) is 0 Å². The molecule has 1 aliphatic rings. The molecule has 1 fully saturated rings. The van der Waals surface area contributed by atoms with Crippen LogP contribution in [-0.2, 0) is 6.42 Å². The van der Waals surface area contributed by atoms with Crippen LogP contribution in [0.3, 0.4) is 0 Å². The van der Waals surface area contributed by atoms with E-state index in [9.17, 15) is 0 Å². The predicted octanol–water partition coefficient (Wildman–Crippen LogP) is 3.62. The van der Waals surface area contributed by atoms with Crippen molar-refractivity contribution in [2.24, 2.45) is 0 Å². The molecule has 1 aliphatic heterocycles. The molecule has 3 aromatic rings. The minimum atomic E-state index is 0.646. The number of anilines is 3. The highest BCUT2D eigenvalue weighted by Crippen LogP contribution is 2.21. The number of benzene rings is 1. The Balaban J connectivity index is 1.47. The first-order valence-corrected chi connectivity index (χ1v) is 10.0. The Bertz CT molecular complexity index is 864. The Morgan fingerprint density at radius 1 is 1.04 bits per heavy atom. The lowest BCUT2D eigenvalue weighted by atomic mass is 10.1. The molecule has 3 heterocycles. The van der Waals surface area contributed by atoms with Crippen LogP contribution in [0.2, 0.25) is 0 Å². The number of aromatic nitrogens is 3. The van der Waals surface area contributed by atoms with E-state index in [1.807, 2.05) is 10.6 Å². The van der Waals surface area contributed by atoms with Crippen LogP contribution in [-0.4, -0.2) is 40.8 Å². The summed E-state index contributed by atoms with van der Waals surface area (Å²) in [6, 6.07) is 14.8.